The Morgan fingerprint density at radius 3 is 2.72 bits per heavy atom. The lowest BCUT2D eigenvalue weighted by Crippen LogP contribution is -2.24. The molecule has 0 fully saturated rings. The number of aromatic nitrogens is 1. The van der Waals surface area contributed by atoms with E-state index in [1.807, 2.05) is 17.6 Å². The van der Waals surface area contributed by atoms with Gasteiger partial charge in [0, 0.05) is 10.4 Å². The predicted octanol–water partition coefficient (Wildman–Crippen LogP) is 4.08. The molecule has 2 aromatic rings. The topological polar surface area (TPSA) is 24.9 Å². The third-order valence-electron chi connectivity index (χ3n) is 2.80. The van der Waals surface area contributed by atoms with E-state index in [1.54, 1.807) is 11.3 Å². The van der Waals surface area contributed by atoms with Crippen molar-refractivity contribution in [3.63, 3.8) is 0 Å². The molecule has 1 aromatic heterocycles. The molecule has 1 N–H and O–H groups in total. The van der Waals surface area contributed by atoms with Gasteiger partial charge in [0.1, 0.15) is 0 Å². The molecular weight excluding hydrogens is 264 g/mol. The molecule has 4 heteroatoms. The first-order chi connectivity index (χ1) is 8.79. The Kier molecular flexibility index (Phi) is 5.17. The Morgan fingerprint density at radius 2 is 2.11 bits per heavy atom. The number of hydrogen-bond donors (Lipinski definition) is 1. The minimum absolute atomic E-state index is 0.289. The maximum Gasteiger partial charge on any atom is 0.0795 e. The van der Waals surface area contributed by atoms with E-state index in [0.717, 1.165) is 30.1 Å². The number of nitrogens with one attached hydrogen (secondary N) is 1. The molecule has 2 nitrogen and oxygen atoms in total. The zero-order chi connectivity index (χ0) is 12.8. The molecule has 1 heterocycles. The zero-order valence-electron chi connectivity index (χ0n) is 10.4. The van der Waals surface area contributed by atoms with E-state index >= 15 is 0 Å². The molecule has 0 bridgehead atoms. The van der Waals surface area contributed by atoms with E-state index in [0.29, 0.717) is 0 Å². The predicted molar refractivity (Wildman–Crippen MR) is 78.3 cm³/mol. The minimum atomic E-state index is 0.289. The van der Waals surface area contributed by atoms with Gasteiger partial charge in [0.15, 0.2) is 0 Å². The summed E-state index contributed by atoms with van der Waals surface area (Å²) in [6.45, 7) is 3.18. The number of hydrogen-bond acceptors (Lipinski definition) is 3. The molecular formula is C14H17ClN2S. The van der Waals surface area contributed by atoms with Crippen molar-refractivity contribution < 1.29 is 0 Å². The largest absolute Gasteiger partial charge is 0.308 e. The van der Waals surface area contributed by atoms with Crippen molar-refractivity contribution in [3.05, 3.63) is 51.4 Å². The monoisotopic (exact) mass is 280 g/mol. The van der Waals surface area contributed by atoms with E-state index in [9.17, 15) is 0 Å². The molecule has 0 aliphatic rings. The van der Waals surface area contributed by atoms with Gasteiger partial charge in [0.2, 0.25) is 0 Å². The summed E-state index contributed by atoms with van der Waals surface area (Å²) < 4.78 is 0. The van der Waals surface area contributed by atoms with Crippen LogP contribution in [-0.4, -0.2) is 11.5 Å². The van der Waals surface area contributed by atoms with E-state index in [1.165, 1.54) is 5.56 Å². The Balaban J connectivity index is 2.07. The highest BCUT2D eigenvalue weighted by Gasteiger charge is 2.13. The highest BCUT2D eigenvalue weighted by Crippen LogP contribution is 2.19. The molecule has 18 heavy (non-hydrogen) atoms. The molecule has 1 atom stereocenters. The summed E-state index contributed by atoms with van der Waals surface area (Å²) in [5.74, 6) is 0. The normalized spacial score (nSPS) is 12.6. The van der Waals surface area contributed by atoms with Crippen LogP contribution in [0.3, 0.4) is 0 Å². The Morgan fingerprint density at radius 1 is 1.33 bits per heavy atom. The van der Waals surface area contributed by atoms with Crippen LogP contribution in [-0.2, 0) is 6.42 Å². The van der Waals surface area contributed by atoms with Gasteiger partial charge in [-0.1, -0.05) is 30.7 Å². The fraction of sp³-hybridized carbons (Fsp3) is 0.357. The number of benzene rings is 1. The minimum Gasteiger partial charge on any atom is -0.308 e. The molecule has 0 saturated heterocycles. The Bertz CT molecular complexity index is 453. The van der Waals surface area contributed by atoms with Gasteiger partial charge >= 0.3 is 0 Å². The van der Waals surface area contributed by atoms with E-state index in [4.69, 9.17) is 11.6 Å². The van der Waals surface area contributed by atoms with Gasteiger partial charge in [-0.15, -0.1) is 11.3 Å². The summed E-state index contributed by atoms with van der Waals surface area (Å²) in [4.78, 5) is 4.41. The van der Waals surface area contributed by atoms with Crippen LogP contribution in [0.5, 0.6) is 0 Å². The van der Waals surface area contributed by atoms with Gasteiger partial charge in [0.05, 0.1) is 17.2 Å². The fourth-order valence-corrected chi connectivity index (χ4v) is 2.58. The van der Waals surface area contributed by atoms with Crippen molar-refractivity contribution >= 4 is 22.9 Å². The molecule has 0 radical (unpaired) electrons. The highest BCUT2D eigenvalue weighted by atomic mass is 35.5. The second-order valence-corrected chi connectivity index (χ2v) is 5.41. The maximum atomic E-state index is 5.91. The molecule has 0 aliphatic carbocycles. The standard InChI is InChI=1S/C14H17ClN2S/c1-2-7-16-13(14-9-18-10-17-14)8-11-3-5-12(15)6-4-11/h3-6,9-10,13,16H,2,7-8H2,1H3. The van der Waals surface area contributed by atoms with Gasteiger partial charge in [-0.3, -0.25) is 0 Å². The number of thiazole rings is 1. The van der Waals surface area contributed by atoms with E-state index in [-0.39, 0.29) is 6.04 Å². The van der Waals surface area contributed by atoms with Gasteiger partial charge in [-0.05, 0) is 37.1 Å². The maximum absolute atomic E-state index is 5.91. The Hall–Kier alpha value is -0.900. The second-order valence-electron chi connectivity index (χ2n) is 4.25. The third-order valence-corrected chi connectivity index (χ3v) is 3.66. The number of halogens is 1. The molecule has 0 saturated carbocycles. The summed E-state index contributed by atoms with van der Waals surface area (Å²) in [5.41, 5.74) is 4.29. The van der Waals surface area contributed by atoms with Crippen LogP contribution < -0.4 is 5.32 Å². The first-order valence-electron chi connectivity index (χ1n) is 6.15. The van der Waals surface area contributed by atoms with Crippen LogP contribution in [0.25, 0.3) is 0 Å². The molecule has 96 valence electrons. The average Bonchev–Trinajstić information content (AvgIpc) is 2.90. The summed E-state index contributed by atoms with van der Waals surface area (Å²) >= 11 is 7.55. The van der Waals surface area contributed by atoms with Crippen molar-refractivity contribution in [1.82, 2.24) is 10.3 Å². The van der Waals surface area contributed by atoms with Gasteiger partial charge < -0.3 is 5.32 Å². The smallest absolute Gasteiger partial charge is 0.0795 e. The molecule has 2 rings (SSSR count). The Labute approximate surface area is 117 Å². The van der Waals surface area contributed by atoms with Crippen molar-refractivity contribution in [2.45, 2.75) is 25.8 Å². The second kappa shape index (κ2) is 6.88. The van der Waals surface area contributed by atoms with Crippen LogP contribution >= 0.6 is 22.9 Å². The lowest BCUT2D eigenvalue weighted by atomic mass is 10.0. The summed E-state index contributed by atoms with van der Waals surface area (Å²) in [6, 6.07) is 8.33. The summed E-state index contributed by atoms with van der Waals surface area (Å²) in [5, 5.41) is 6.44. The molecule has 0 amide bonds. The SMILES string of the molecule is CCCNC(Cc1ccc(Cl)cc1)c1cscn1. The average molecular weight is 281 g/mol. The van der Waals surface area contributed by atoms with E-state index < -0.39 is 0 Å². The summed E-state index contributed by atoms with van der Waals surface area (Å²) in [6.07, 6.45) is 2.07. The quantitative estimate of drug-likeness (QED) is 0.862. The van der Waals surface area contributed by atoms with Crippen LogP contribution in [0.15, 0.2) is 35.2 Å². The van der Waals surface area contributed by atoms with Gasteiger partial charge in [-0.2, -0.15) is 0 Å². The third kappa shape index (κ3) is 3.80. The summed E-state index contributed by atoms with van der Waals surface area (Å²) in [7, 11) is 0. The molecule has 0 aliphatic heterocycles. The van der Waals surface area contributed by atoms with Crippen molar-refractivity contribution in [1.29, 1.82) is 0 Å². The van der Waals surface area contributed by atoms with Crippen molar-refractivity contribution in [2.24, 2.45) is 0 Å². The molecule has 1 aromatic carbocycles. The van der Waals surface area contributed by atoms with Crippen molar-refractivity contribution in [3.8, 4) is 0 Å². The van der Waals surface area contributed by atoms with Crippen molar-refractivity contribution in [2.75, 3.05) is 6.54 Å². The zero-order valence-corrected chi connectivity index (χ0v) is 12.0. The lowest BCUT2D eigenvalue weighted by molar-refractivity contribution is 0.520. The van der Waals surface area contributed by atoms with Crippen LogP contribution in [0, 0.1) is 0 Å². The fourth-order valence-electron chi connectivity index (χ4n) is 1.85. The number of nitrogens with zero attached hydrogens (tertiary/aromatic N) is 1. The molecule has 1 unspecified atom stereocenters. The van der Waals surface area contributed by atoms with E-state index in [2.05, 4.69) is 34.7 Å². The van der Waals surface area contributed by atoms with Gasteiger partial charge in [0.25, 0.3) is 0 Å². The number of rotatable bonds is 6. The first kappa shape index (κ1) is 13.5. The van der Waals surface area contributed by atoms with Gasteiger partial charge in [-0.25, -0.2) is 4.98 Å². The van der Waals surface area contributed by atoms with Crippen LogP contribution in [0.1, 0.15) is 30.6 Å². The van der Waals surface area contributed by atoms with Crippen LogP contribution in [0.2, 0.25) is 5.02 Å². The lowest BCUT2D eigenvalue weighted by Gasteiger charge is -2.16. The van der Waals surface area contributed by atoms with Crippen LogP contribution in [0.4, 0.5) is 0 Å². The first-order valence-corrected chi connectivity index (χ1v) is 7.47. The molecule has 0 spiro atoms. The highest BCUT2D eigenvalue weighted by molar-refractivity contribution is 7.07.